The summed E-state index contributed by atoms with van der Waals surface area (Å²) in [4.78, 5) is 12.5. The number of halogens is 3. The molecule has 1 N–H and O–H groups in total. The molecule has 1 saturated heterocycles. The van der Waals surface area contributed by atoms with Crippen LogP contribution in [0.4, 0.5) is 13.2 Å². The largest absolute Gasteiger partial charge is 0.423 e. The molecular weight excluding hydrogens is 469 g/mol. The van der Waals surface area contributed by atoms with Crippen molar-refractivity contribution in [2.45, 2.75) is 19.1 Å². The van der Waals surface area contributed by atoms with Crippen LogP contribution in [0.1, 0.15) is 40.6 Å². The topological polar surface area (TPSA) is 59.1 Å². The smallest absolute Gasteiger partial charge is 0.343 e. The number of carbonyl (C=O) groups excluding carboxylic acids is 1. The Morgan fingerprint density at radius 1 is 0.889 bits per heavy atom. The van der Waals surface area contributed by atoms with Gasteiger partial charge in [0, 0.05) is 22.8 Å². The average Bonchev–Trinajstić information content (AvgIpc) is 3.71. The molecule has 0 bridgehead atoms. The Hall–Kier alpha value is -3.94. The minimum Gasteiger partial charge on any atom is -0.423 e. The molecule has 182 valence electrons. The molecule has 0 radical (unpaired) electrons. The van der Waals surface area contributed by atoms with E-state index in [0.717, 1.165) is 6.07 Å². The summed E-state index contributed by atoms with van der Waals surface area (Å²) >= 11 is 0. The van der Waals surface area contributed by atoms with Gasteiger partial charge in [-0.05, 0) is 47.9 Å². The van der Waals surface area contributed by atoms with Crippen molar-refractivity contribution in [1.29, 1.82) is 0 Å². The number of carbonyl (C=O) groups is 1. The van der Waals surface area contributed by atoms with Gasteiger partial charge in [-0.1, -0.05) is 48.5 Å². The maximum absolute atomic E-state index is 15.0. The molecule has 36 heavy (non-hydrogen) atoms. The predicted octanol–water partition coefficient (Wildman–Crippen LogP) is 6.78. The highest BCUT2D eigenvalue weighted by atomic mass is 19.2. The second kappa shape index (κ2) is 9.60. The Balaban J connectivity index is 1.33. The van der Waals surface area contributed by atoms with Crippen molar-refractivity contribution in [1.82, 2.24) is 0 Å². The second-order valence-corrected chi connectivity index (χ2v) is 8.56. The third-order valence-electron chi connectivity index (χ3n) is 6.08. The first kappa shape index (κ1) is 23.8. The molecule has 0 spiro atoms. The number of hydrogen-bond acceptors (Lipinski definition) is 4. The quantitative estimate of drug-likeness (QED) is 0.184. The molecule has 0 amide bonds. The van der Waals surface area contributed by atoms with Crippen LogP contribution < -0.4 is 4.74 Å². The molecule has 2 unspecified atom stereocenters. The monoisotopic (exact) mass is 490 g/mol. The molecule has 5 rings (SSSR count). The lowest BCUT2D eigenvalue weighted by atomic mass is 9.97. The van der Waals surface area contributed by atoms with Gasteiger partial charge in [-0.2, -0.15) is 0 Å². The lowest BCUT2D eigenvalue weighted by Gasteiger charge is -2.11. The molecule has 4 nitrogen and oxygen atoms in total. The molecule has 0 aromatic heterocycles. The van der Waals surface area contributed by atoms with Gasteiger partial charge in [0.2, 0.25) is 0 Å². The van der Waals surface area contributed by atoms with Crippen molar-refractivity contribution < 1.29 is 32.5 Å². The first-order valence-corrected chi connectivity index (χ1v) is 11.3. The zero-order valence-electron chi connectivity index (χ0n) is 19.2. The first-order valence-electron chi connectivity index (χ1n) is 11.3. The average molecular weight is 490 g/mol. The molecule has 0 saturated carbocycles. The van der Waals surface area contributed by atoms with E-state index in [2.05, 4.69) is 0 Å². The number of benzene rings is 4. The summed E-state index contributed by atoms with van der Waals surface area (Å²) in [5.74, 6) is -3.19. The van der Waals surface area contributed by atoms with Crippen molar-refractivity contribution in [3.63, 3.8) is 0 Å². The van der Waals surface area contributed by atoms with Gasteiger partial charge in [-0.25, -0.2) is 18.0 Å². The Morgan fingerprint density at radius 3 is 1.94 bits per heavy atom. The maximum Gasteiger partial charge on any atom is 0.343 e. The third-order valence-corrected chi connectivity index (χ3v) is 6.08. The van der Waals surface area contributed by atoms with Crippen LogP contribution in [-0.4, -0.2) is 17.7 Å². The fourth-order valence-electron chi connectivity index (χ4n) is 3.95. The van der Waals surface area contributed by atoms with Gasteiger partial charge in [0.1, 0.15) is 17.7 Å². The Kier molecular flexibility index (Phi) is 6.35. The number of epoxide rings is 1. The van der Waals surface area contributed by atoms with Crippen LogP contribution >= 0.6 is 0 Å². The van der Waals surface area contributed by atoms with E-state index < -0.39 is 29.5 Å². The van der Waals surface area contributed by atoms with Crippen molar-refractivity contribution in [3.05, 3.63) is 113 Å². The zero-order valence-corrected chi connectivity index (χ0v) is 19.2. The van der Waals surface area contributed by atoms with Gasteiger partial charge in [-0.15, -0.1) is 0 Å². The van der Waals surface area contributed by atoms with Crippen LogP contribution in [0.2, 0.25) is 0 Å². The number of rotatable bonds is 6. The summed E-state index contributed by atoms with van der Waals surface area (Å²) in [5.41, 5.74) is 2.25. The number of ether oxygens (including phenoxy) is 2. The standard InChI is InChI=1S/C29H21F3O4/c1-16(33)17-2-4-18(5-3-17)22-12-13-23(28(32)27(22)31)19-6-8-20(9-7-19)29(34)36-21-10-11-24(25(30)14-21)26-15-35-26/h2-14,16,26,33H,15H2,1H3. The Labute approximate surface area is 205 Å². The summed E-state index contributed by atoms with van der Waals surface area (Å²) in [7, 11) is 0. The van der Waals surface area contributed by atoms with Crippen molar-refractivity contribution in [2.75, 3.05) is 6.61 Å². The highest BCUT2D eigenvalue weighted by Gasteiger charge is 2.28. The molecule has 4 aromatic carbocycles. The molecule has 7 heteroatoms. The summed E-state index contributed by atoms with van der Waals surface area (Å²) in [5, 5.41) is 9.63. The van der Waals surface area contributed by atoms with E-state index in [1.165, 1.54) is 48.5 Å². The molecule has 0 aliphatic carbocycles. The van der Waals surface area contributed by atoms with E-state index in [-0.39, 0.29) is 28.5 Å². The van der Waals surface area contributed by atoms with Crippen LogP contribution in [-0.2, 0) is 4.74 Å². The highest BCUT2D eigenvalue weighted by Crippen LogP contribution is 2.34. The third kappa shape index (κ3) is 4.76. The van der Waals surface area contributed by atoms with E-state index in [4.69, 9.17) is 9.47 Å². The lowest BCUT2D eigenvalue weighted by Crippen LogP contribution is -2.08. The minimum absolute atomic E-state index is 0.0386. The lowest BCUT2D eigenvalue weighted by molar-refractivity contribution is 0.0734. The van der Waals surface area contributed by atoms with Gasteiger partial charge >= 0.3 is 5.97 Å². The Morgan fingerprint density at radius 2 is 1.44 bits per heavy atom. The van der Waals surface area contributed by atoms with Crippen LogP contribution in [0, 0.1) is 17.5 Å². The SMILES string of the molecule is CC(O)c1ccc(-c2ccc(-c3ccc(C(=O)Oc4ccc(C5CO5)c(F)c4)cc3)c(F)c2F)cc1. The summed E-state index contributed by atoms with van der Waals surface area (Å²) in [6.07, 6.45) is -0.912. The summed E-state index contributed by atoms with van der Waals surface area (Å²) < 4.78 is 54.3. The number of aliphatic hydroxyl groups excluding tert-OH is 1. The fourth-order valence-corrected chi connectivity index (χ4v) is 3.95. The normalized spacial score (nSPS) is 15.4. The number of hydrogen-bond donors (Lipinski definition) is 1. The number of esters is 1. The van der Waals surface area contributed by atoms with Gasteiger partial charge in [-0.3, -0.25) is 0 Å². The van der Waals surface area contributed by atoms with Gasteiger partial charge in [0.25, 0.3) is 0 Å². The van der Waals surface area contributed by atoms with Crippen LogP contribution in [0.25, 0.3) is 22.3 Å². The second-order valence-electron chi connectivity index (χ2n) is 8.56. The predicted molar refractivity (Wildman–Crippen MR) is 128 cm³/mol. The van der Waals surface area contributed by atoms with Gasteiger partial charge < -0.3 is 14.6 Å². The van der Waals surface area contributed by atoms with Crippen LogP contribution in [0.15, 0.2) is 78.9 Å². The zero-order chi connectivity index (χ0) is 25.4. The van der Waals surface area contributed by atoms with E-state index in [9.17, 15) is 23.1 Å². The molecule has 4 aromatic rings. The maximum atomic E-state index is 15.0. The van der Waals surface area contributed by atoms with Crippen molar-refractivity contribution >= 4 is 5.97 Å². The molecule has 2 atom stereocenters. The molecule has 1 aliphatic rings. The number of aliphatic hydroxyl groups is 1. The Bertz CT molecular complexity index is 1430. The molecule has 1 aliphatic heterocycles. The minimum atomic E-state index is -1.02. The fraction of sp³-hybridized carbons (Fsp3) is 0.138. The summed E-state index contributed by atoms with van der Waals surface area (Å²) in [6, 6.07) is 19.5. The van der Waals surface area contributed by atoms with Gasteiger partial charge in [0.15, 0.2) is 11.6 Å². The van der Waals surface area contributed by atoms with Crippen molar-refractivity contribution in [3.8, 4) is 28.0 Å². The van der Waals surface area contributed by atoms with E-state index >= 15 is 0 Å². The van der Waals surface area contributed by atoms with Crippen molar-refractivity contribution in [2.24, 2.45) is 0 Å². The van der Waals surface area contributed by atoms with Gasteiger partial charge in [0.05, 0.1) is 18.3 Å². The van der Waals surface area contributed by atoms with Crippen LogP contribution in [0.5, 0.6) is 5.75 Å². The molecule has 1 heterocycles. The first-order chi connectivity index (χ1) is 17.3. The molecule has 1 fully saturated rings. The summed E-state index contributed by atoms with van der Waals surface area (Å²) in [6.45, 7) is 2.09. The van der Waals surface area contributed by atoms with E-state index in [1.807, 2.05) is 0 Å². The molecular formula is C29H21F3O4. The highest BCUT2D eigenvalue weighted by molar-refractivity contribution is 5.91. The van der Waals surface area contributed by atoms with E-state index in [0.29, 0.717) is 28.9 Å². The van der Waals surface area contributed by atoms with Crippen LogP contribution in [0.3, 0.4) is 0 Å². The van der Waals surface area contributed by atoms with E-state index in [1.54, 1.807) is 31.2 Å².